The molecular formula is C24H36N4O4. The number of ether oxygens (including phenoxy) is 1. The molecule has 2 aromatic rings. The smallest absolute Gasteiger partial charge is 0.305 e. The Kier molecular flexibility index (Phi) is 13.9. The second kappa shape index (κ2) is 16.5. The third-order valence-electron chi connectivity index (χ3n) is 4.37. The summed E-state index contributed by atoms with van der Waals surface area (Å²) in [5.41, 5.74) is 2.35. The summed E-state index contributed by atoms with van der Waals surface area (Å²) in [7, 11) is 0. The molecule has 0 aliphatic carbocycles. The van der Waals surface area contributed by atoms with Gasteiger partial charge >= 0.3 is 11.9 Å². The quantitative estimate of drug-likeness (QED) is 0.304. The summed E-state index contributed by atoms with van der Waals surface area (Å²) in [6.45, 7) is 7.93. The molecule has 2 aromatic heterocycles. The minimum Gasteiger partial charge on any atom is -0.481 e. The Bertz CT molecular complexity index is 814. The number of esters is 1. The van der Waals surface area contributed by atoms with Gasteiger partial charge in [0.25, 0.3) is 0 Å². The zero-order chi connectivity index (χ0) is 23.6. The van der Waals surface area contributed by atoms with Crippen LogP contribution < -0.4 is 10.6 Å². The molecular weight excluding hydrogens is 408 g/mol. The van der Waals surface area contributed by atoms with Crippen LogP contribution in [0.15, 0.2) is 36.7 Å². The van der Waals surface area contributed by atoms with Crippen LogP contribution in [0.25, 0.3) is 0 Å². The fourth-order valence-corrected chi connectivity index (χ4v) is 2.73. The Balaban J connectivity index is 0.000000323. The Morgan fingerprint density at radius 1 is 0.875 bits per heavy atom. The van der Waals surface area contributed by atoms with Crippen molar-refractivity contribution in [2.75, 3.05) is 30.3 Å². The van der Waals surface area contributed by atoms with E-state index >= 15 is 0 Å². The van der Waals surface area contributed by atoms with Gasteiger partial charge in [-0.05, 0) is 81.8 Å². The molecule has 0 aromatic carbocycles. The number of unbranched alkanes of at least 4 members (excludes halogenated alkanes) is 2. The van der Waals surface area contributed by atoms with E-state index in [4.69, 9.17) is 9.84 Å². The normalized spacial score (nSPS) is 9.97. The summed E-state index contributed by atoms with van der Waals surface area (Å²) in [6, 6.07) is 7.88. The van der Waals surface area contributed by atoms with Gasteiger partial charge in [-0.15, -0.1) is 0 Å². The number of aryl methyl sites for hydroxylation is 2. The van der Waals surface area contributed by atoms with E-state index < -0.39 is 5.97 Å². The summed E-state index contributed by atoms with van der Waals surface area (Å²) in [4.78, 5) is 29.7. The van der Waals surface area contributed by atoms with Gasteiger partial charge in [-0.2, -0.15) is 0 Å². The van der Waals surface area contributed by atoms with Crippen molar-refractivity contribution in [2.45, 2.75) is 59.3 Å². The highest BCUT2D eigenvalue weighted by Crippen LogP contribution is 2.07. The van der Waals surface area contributed by atoms with E-state index in [0.29, 0.717) is 19.4 Å². The highest BCUT2D eigenvalue weighted by Gasteiger charge is 2.01. The number of hydrogen-bond donors (Lipinski definition) is 3. The number of hydrogen-bond acceptors (Lipinski definition) is 7. The Hall–Kier alpha value is -3.16. The maximum absolute atomic E-state index is 11.1. The van der Waals surface area contributed by atoms with Gasteiger partial charge in [0.15, 0.2) is 0 Å². The predicted molar refractivity (Wildman–Crippen MR) is 127 cm³/mol. The third-order valence-corrected chi connectivity index (χ3v) is 4.37. The van der Waals surface area contributed by atoms with Crippen molar-refractivity contribution in [3.05, 3.63) is 47.8 Å². The fourth-order valence-electron chi connectivity index (χ4n) is 2.73. The van der Waals surface area contributed by atoms with Crippen LogP contribution in [0.2, 0.25) is 0 Å². The number of pyridine rings is 2. The number of aromatic nitrogens is 2. The molecule has 0 spiro atoms. The molecule has 8 nitrogen and oxygen atoms in total. The van der Waals surface area contributed by atoms with E-state index in [9.17, 15) is 9.59 Å². The monoisotopic (exact) mass is 444 g/mol. The average Bonchev–Trinajstić information content (AvgIpc) is 2.74. The predicted octanol–water partition coefficient (Wildman–Crippen LogP) is 4.59. The molecule has 2 heterocycles. The van der Waals surface area contributed by atoms with Crippen LogP contribution in [-0.4, -0.2) is 46.7 Å². The number of rotatable bonds is 13. The summed E-state index contributed by atoms with van der Waals surface area (Å²) >= 11 is 0. The number of carboxylic acid groups (broad SMARTS) is 1. The maximum Gasteiger partial charge on any atom is 0.305 e. The van der Waals surface area contributed by atoms with Gasteiger partial charge in [-0.1, -0.05) is 0 Å². The molecule has 3 N–H and O–H groups in total. The van der Waals surface area contributed by atoms with Crippen LogP contribution in [-0.2, 0) is 14.3 Å². The van der Waals surface area contributed by atoms with Gasteiger partial charge in [0, 0.05) is 38.3 Å². The topological polar surface area (TPSA) is 113 Å². The molecule has 2 rings (SSSR count). The van der Waals surface area contributed by atoms with Crippen molar-refractivity contribution in [1.82, 2.24) is 9.97 Å². The molecule has 0 fully saturated rings. The third kappa shape index (κ3) is 14.0. The van der Waals surface area contributed by atoms with E-state index in [1.807, 2.05) is 45.0 Å². The van der Waals surface area contributed by atoms with E-state index in [0.717, 1.165) is 49.6 Å². The van der Waals surface area contributed by atoms with E-state index in [1.165, 1.54) is 5.56 Å². The number of carbonyl (C=O) groups is 2. The maximum atomic E-state index is 11.1. The van der Waals surface area contributed by atoms with Crippen molar-refractivity contribution in [3.63, 3.8) is 0 Å². The molecule has 0 radical (unpaired) electrons. The van der Waals surface area contributed by atoms with Crippen LogP contribution in [0, 0.1) is 13.8 Å². The first-order valence-corrected chi connectivity index (χ1v) is 11.1. The average molecular weight is 445 g/mol. The van der Waals surface area contributed by atoms with Crippen molar-refractivity contribution >= 4 is 23.6 Å². The molecule has 0 atom stereocenters. The second-order valence-corrected chi connectivity index (χ2v) is 7.40. The number of carbonyl (C=O) groups excluding carboxylic acids is 1. The standard InChI is InChI=1S/C13H20N2O2.C11H16N2O2/c1-3-17-13(16)6-4-5-8-14-12-10-11(2)7-9-15-12;1-9-5-7-13-10(8-9)12-6-3-2-4-11(14)15/h7,9-10H,3-6,8H2,1-2H3,(H,14,15);5,7-8H,2-4,6H2,1H3,(H,12,13)(H,14,15). The highest BCUT2D eigenvalue weighted by atomic mass is 16.5. The lowest BCUT2D eigenvalue weighted by atomic mass is 10.2. The first kappa shape index (κ1) is 26.9. The van der Waals surface area contributed by atoms with E-state index in [-0.39, 0.29) is 12.4 Å². The summed E-state index contributed by atoms with van der Waals surface area (Å²) in [6.07, 6.45) is 7.62. The molecule has 0 amide bonds. The summed E-state index contributed by atoms with van der Waals surface area (Å²) in [5, 5.41) is 14.8. The van der Waals surface area contributed by atoms with Gasteiger partial charge < -0.3 is 20.5 Å². The van der Waals surface area contributed by atoms with E-state index in [1.54, 1.807) is 12.4 Å². The molecule has 176 valence electrons. The number of carboxylic acids is 1. The first-order valence-electron chi connectivity index (χ1n) is 11.1. The minimum atomic E-state index is -0.733. The first-order chi connectivity index (χ1) is 15.4. The second-order valence-electron chi connectivity index (χ2n) is 7.40. The number of anilines is 2. The van der Waals surface area contributed by atoms with E-state index in [2.05, 4.69) is 20.6 Å². The molecule has 32 heavy (non-hydrogen) atoms. The van der Waals surface area contributed by atoms with Gasteiger partial charge in [0.05, 0.1) is 6.61 Å². The summed E-state index contributed by atoms with van der Waals surface area (Å²) < 4.78 is 4.85. The molecule has 0 bridgehead atoms. The lowest BCUT2D eigenvalue weighted by Crippen LogP contribution is -2.06. The number of aliphatic carboxylic acids is 1. The lowest BCUT2D eigenvalue weighted by molar-refractivity contribution is -0.143. The van der Waals surface area contributed by atoms with Crippen LogP contribution in [0.5, 0.6) is 0 Å². The Morgan fingerprint density at radius 2 is 1.38 bits per heavy atom. The SMILES string of the molecule is CCOC(=O)CCCCNc1cc(C)ccn1.Cc1ccnc(NCCCCC(=O)O)c1. The van der Waals surface area contributed by atoms with Crippen molar-refractivity contribution in [2.24, 2.45) is 0 Å². The molecule has 0 saturated carbocycles. The van der Waals surface area contributed by atoms with Crippen LogP contribution in [0.4, 0.5) is 11.6 Å². The number of nitrogens with one attached hydrogen (secondary N) is 2. The van der Waals surface area contributed by atoms with Crippen molar-refractivity contribution < 1.29 is 19.4 Å². The Morgan fingerprint density at radius 3 is 1.81 bits per heavy atom. The Labute approximate surface area is 190 Å². The molecule has 0 saturated heterocycles. The summed E-state index contributed by atoms with van der Waals surface area (Å²) in [5.74, 6) is 0.899. The lowest BCUT2D eigenvalue weighted by Gasteiger charge is -2.05. The van der Waals surface area contributed by atoms with Gasteiger partial charge in [0.2, 0.25) is 0 Å². The fraction of sp³-hybridized carbons (Fsp3) is 0.500. The largest absolute Gasteiger partial charge is 0.481 e. The van der Waals surface area contributed by atoms with Gasteiger partial charge in [-0.3, -0.25) is 9.59 Å². The van der Waals surface area contributed by atoms with Crippen LogP contribution in [0.3, 0.4) is 0 Å². The zero-order valence-corrected chi connectivity index (χ0v) is 19.4. The zero-order valence-electron chi connectivity index (χ0n) is 19.4. The van der Waals surface area contributed by atoms with Gasteiger partial charge in [-0.25, -0.2) is 9.97 Å². The molecule has 0 aliphatic rings. The molecule has 8 heteroatoms. The minimum absolute atomic E-state index is 0.110. The highest BCUT2D eigenvalue weighted by molar-refractivity contribution is 5.69. The number of nitrogens with zero attached hydrogens (tertiary/aromatic N) is 2. The van der Waals surface area contributed by atoms with Crippen LogP contribution >= 0.6 is 0 Å². The molecule has 0 unspecified atom stereocenters. The van der Waals surface area contributed by atoms with Crippen molar-refractivity contribution in [3.8, 4) is 0 Å². The van der Waals surface area contributed by atoms with Crippen molar-refractivity contribution in [1.29, 1.82) is 0 Å². The molecule has 0 aliphatic heterocycles. The van der Waals surface area contributed by atoms with Crippen LogP contribution in [0.1, 0.15) is 56.6 Å². The van der Waals surface area contributed by atoms with Gasteiger partial charge in [0.1, 0.15) is 11.6 Å².